The van der Waals surface area contributed by atoms with E-state index in [1.165, 1.54) is 24.2 Å². The molecule has 2 amide bonds. The minimum atomic E-state index is -0.264. The lowest BCUT2D eigenvalue weighted by Crippen LogP contribution is -2.25. The fourth-order valence-electron chi connectivity index (χ4n) is 2.07. The lowest BCUT2D eigenvalue weighted by molar-refractivity contribution is 0.0950. The molecule has 0 spiro atoms. The maximum Gasteiger partial charge on any atom is 0.275 e. The van der Waals surface area contributed by atoms with Gasteiger partial charge in [0.25, 0.3) is 11.8 Å². The first kappa shape index (κ1) is 14.7. The number of hydrogen-bond acceptors (Lipinski definition) is 4. The molecule has 0 radical (unpaired) electrons. The van der Waals surface area contributed by atoms with Gasteiger partial charge >= 0.3 is 0 Å². The number of carbonyl (C=O) groups is 2. The van der Waals surface area contributed by atoms with Gasteiger partial charge in [-0.05, 0) is 43.4 Å². The van der Waals surface area contributed by atoms with Gasteiger partial charge in [-0.1, -0.05) is 6.07 Å². The molecule has 114 valence electrons. The van der Waals surface area contributed by atoms with Crippen LogP contribution in [0.3, 0.4) is 0 Å². The van der Waals surface area contributed by atoms with Crippen molar-refractivity contribution in [2.24, 2.45) is 5.92 Å². The quantitative estimate of drug-likeness (QED) is 0.891. The van der Waals surface area contributed by atoms with Gasteiger partial charge in [-0.3, -0.25) is 9.59 Å². The summed E-state index contributed by atoms with van der Waals surface area (Å²) < 4.78 is 0. The summed E-state index contributed by atoms with van der Waals surface area (Å²) in [6.45, 7) is 2.62. The molecule has 22 heavy (non-hydrogen) atoms. The molecule has 6 heteroatoms. The van der Waals surface area contributed by atoms with Crippen LogP contribution in [0.4, 0.5) is 5.69 Å². The number of aromatic nitrogens is 1. The minimum Gasteiger partial charge on any atom is -0.352 e. The number of benzene rings is 1. The van der Waals surface area contributed by atoms with Crippen LogP contribution in [0.15, 0.2) is 29.1 Å². The number of anilines is 1. The molecule has 0 bridgehead atoms. The van der Waals surface area contributed by atoms with Crippen LogP contribution in [0.5, 0.6) is 0 Å². The number of rotatable bonds is 5. The van der Waals surface area contributed by atoms with Crippen molar-refractivity contribution < 1.29 is 9.59 Å². The normalized spacial score (nSPS) is 13.7. The number of nitrogens with zero attached hydrogens (tertiary/aromatic N) is 1. The van der Waals surface area contributed by atoms with Crippen LogP contribution in [0, 0.1) is 12.8 Å². The molecule has 0 saturated heterocycles. The second-order valence-electron chi connectivity index (χ2n) is 5.51. The first-order valence-corrected chi connectivity index (χ1v) is 8.16. The molecule has 3 rings (SSSR count). The molecule has 2 aromatic rings. The Bertz CT molecular complexity index is 693. The summed E-state index contributed by atoms with van der Waals surface area (Å²) >= 11 is 1.37. The molecule has 1 aliphatic carbocycles. The molecule has 0 atom stereocenters. The first-order chi connectivity index (χ1) is 10.6. The van der Waals surface area contributed by atoms with Gasteiger partial charge < -0.3 is 10.6 Å². The molecular weight excluding hydrogens is 298 g/mol. The van der Waals surface area contributed by atoms with E-state index in [1.807, 2.05) is 13.0 Å². The molecule has 1 aliphatic rings. The standard InChI is InChI=1S/C16H17N3O2S/c1-10-2-5-12(15(20)17-7-11-3-4-11)6-13(10)19-16(21)14-8-22-9-18-14/h2,5-6,8-9,11H,3-4,7H2,1H3,(H,17,20)(H,19,21). The Hall–Kier alpha value is -2.21. The molecular formula is C16H17N3O2S. The van der Waals surface area contributed by atoms with Crippen LogP contribution in [-0.4, -0.2) is 23.3 Å². The van der Waals surface area contributed by atoms with E-state index >= 15 is 0 Å². The first-order valence-electron chi connectivity index (χ1n) is 7.22. The van der Waals surface area contributed by atoms with E-state index in [2.05, 4.69) is 15.6 Å². The minimum absolute atomic E-state index is 0.101. The van der Waals surface area contributed by atoms with Crippen molar-refractivity contribution in [2.75, 3.05) is 11.9 Å². The van der Waals surface area contributed by atoms with Crippen molar-refractivity contribution in [3.63, 3.8) is 0 Å². The lowest BCUT2D eigenvalue weighted by Gasteiger charge is -2.10. The highest BCUT2D eigenvalue weighted by Gasteiger charge is 2.22. The van der Waals surface area contributed by atoms with Crippen molar-refractivity contribution in [1.29, 1.82) is 0 Å². The monoisotopic (exact) mass is 315 g/mol. The number of nitrogens with one attached hydrogen (secondary N) is 2. The summed E-state index contributed by atoms with van der Waals surface area (Å²) in [6, 6.07) is 5.32. The van der Waals surface area contributed by atoms with E-state index in [0.717, 1.165) is 12.1 Å². The van der Waals surface area contributed by atoms with E-state index in [9.17, 15) is 9.59 Å². The smallest absolute Gasteiger partial charge is 0.275 e. The summed E-state index contributed by atoms with van der Waals surface area (Å²) in [5.74, 6) is 0.272. The van der Waals surface area contributed by atoms with Crippen molar-refractivity contribution in [3.8, 4) is 0 Å². The van der Waals surface area contributed by atoms with Gasteiger partial charge in [0, 0.05) is 23.2 Å². The summed E-state index contributed by atoms with van der Waals surface area (Å²) in [5, 5.41) is 7.43. The van der Waals surface area contributed by atoms with Crippen molar-refractivity contribution in [1.82, 2.24) is 10.3 Å². The second kappa shape index (κ2) is 6.27. The second-order valence-corrected chi connectivity index (χ2v) is 6.23. The molecule has 1 saturated carbocycles. The predicted molar refractivity (Wildman–Crippen MR) is 86.3 cm³/mol. The highest BCUT2D eigenvalue weighted by atomic mass is 32.1. The van der Waals surface area contributed by atoms with Crippen LogP contribution < -0.4 is 10.6 Å². The largest absolute Gasteiger partial charge is 0.352 e. The highest BCUT2D eigenvalue weighted by Crippen LogP contribution is 2.27. The van der Waals surface area contributed by atoms with E-state index in [0.29, 0.717) is 22.9 Å². The van der Waals surface area contributed by atoms with Crippen molar-refractivity contribution in [2.45, 2.75) is 19.8 Å². The summed E-state index contributed by atoms with van der Waals surface area (Å²) in [4.78, 5) is 28.2. The van der Waals surface area contributed by atoms with E-state index < -0.39 is 0 Å². The third kappa shape index (κ3) is 3.51. The van der Waals surface area contributed by atoms with Gasteiger partial charge in [-0.15, -0.1) is 11.3 Å². The lowest BCUT2D eigenvalue weighted by atomic mass is 10.1. The molecule has 1 heterocycles. The van der Waals surface area contributed by atoms with Crippen LogP contribution in [0.1, 0.15) is 39.3 Å². The Morgan fingerprint density at radius 3 is 2.82 bits per heavy atom. The molecule has 1 aromatic heterocycles. The zero-order chi connectivity index (χ0) is 15.5. The maximum absolute atomic E-state index is 12.1. The Kier molecular flexibility index (Phi) is 4.20. The van der Waals surface area contributed by atoms with Gasteiger partial charge in [-0.2, -0.15) is 0 Å². The summed E-state index contributed by atoms with van der Waals surface area (Å²) in [6.07, 6.45) is 2.40. The number of aryl methyl sites for hydroxylation is 1. The topological polar surface area (TPSA) is 71.1 Å². The summed E-state index contributed by atoms with van der Waals surface area (Å²) in [5.41, 5.74) is 4.09. The van der Waals surface area contributed by atoms with Crippen LogP contribution in [0.2, 0.25) is 0 Å². The zero-order valence-corrected chi connectivity index (χ0v) is 13.1. The van der Waals surface area contributed by atoms with Crippen LogP contribution in [0.25, 0.3) is 0 Å². The highest BCUT2D eigenvalue weighted by molar-refractivity contribution is 7.07. The Morgan fingerprint density at radius 1 is 1.32 bits per heavy atom. The van der Waals surface area contributed by atoms with Crippen LogP contribution in [-0.2, 0) is 0 Å². The fraction of sp³-hybridized carbons (Fsp3) is 0.312. The number of thiazole rings is 1. The Balaban J connectivity index is 1.71. The molecule has 1 aromatic carbocycles. The van der Waals surface area contributed by atoms with E-state index in [1.54, 1.807) is 23.0 Å². The molecule has 1 fully saturated rings. The van der Waals surface area contributed by atoms with Crippen LogP contribution >= 0.6 is 11.3 Å². The van der Waals surface area contributed by atoms with Gasteiger partial charge in [0.1, 0.15) is 5.69 Å². The predicted octanol–water partition coefficient (Wildman–Crippen LogP) is 2.84. The number of amides is 2. The van der Waals surface area contributed by atoms with E-state index in [4.69, 9.17) is 0 Å². The third-order valence-electron chi connectivity index (χ3n) is 3.66. The summed E-state index contributed by atoms with van der Waals surface area (Å²) in [7, 11) is 0. The molecule has 0 unspecified atom stereocenters. The third-order valence-corrected chi connectivity index (χ3v) is 4.25. The van der Waals surface area contributed by atoms with Crippen molar-refractivity contribution in [3.05, 3.63) is 45.9 Å². The van der Waals surface area contributed by atoms with Gasteiger partial charge in [0.2, 0.25) is 0 Å². The molecule has 2 N–H and O–H groups in total. The maximum atomic E-state index is 12.1. The average Bonchev–Trinajstić information content (AvgIpc) is 3.18. The van der Waals surface area contributed by atoms with Gasteiger partial charge in [-0.25, -0.2) is 4.98 Å². The van der Waals surface area contributed by atoms with E-state index in [-0.39, 0.29) is 11.8 Å². The SMILES string of the molecule is Cc1ccc(C(=O)NCC2CC2)cc1NC(=O)c1cscn1. The Morgan fingerprint density at radius 2 is 2.14 bits per heavy atom. The fourth-order valence-corrected chi connectivity index (χ4v) is 2.60. The van der Waals surface area contributed by atoms with Crippen molar-refractivity contribution >= 4 is 28.8 Å². The Labute approximate surface area is 132 Å². The zero-order valence-electron chi connectivity index (χ0n) is 12.3. The molecule has 5 nitrogen and oxygen atoms in total. The van der Waals surface area contributed by atoms with Gasteiger partial charge in [0.05, 0.1) is 5.51 Å². The van der Waals surface area contributed by atoms with Gasteiger partial charge in [0.15, 0.2) is 0 Å². The molecule has 0 aliphatic heterocycles. The average molecular weight is 315 g/mol. The number of hydrogen-bond donors (Lipinski definition) is 2. The number of carbonyl (C=O) groups excluding carboxylic acids is 2.